The number of nitrogen functional groups attached to an aromatic ring is 1. The Morgan fingerprint density at radius 2 is 2.11 bits per heavy atom. The van der Waals surface area contributed by atoms with E-state index in [1.807, 2.05) is 0 Å². The number of anilines is 2. The van der Waals surface area contributed by atoms with E-state index in [4.69, 9.17) is 15.2 Å². The normalized spacial score (nSPS) is 11.9. The molecule has 0 spiro atoms. The van der Waals surface area contributed by atoms with Crippen molar-refractivity contribution in [3.8, 4) is 0 Å². The predicted octanol–water partition coefficient (Wildman–Crippen LogP) is 1.13. The summed E-state index contributed by atoms with van der Waals surface area (Å²) in [4.78, 5) is 11.3. The van der Waals surface area contributed by atoms with Crippen LogP contribution in [0.15, 0.2) is 18.2 Å². The third-order valence-corrected chi connectivity index (χ3v) is 2.68. The zero-order valence-electron chi connectivity index (χ0n) is 11.4. The Hall–Kier alpha value is -1.79. The van der Waals surface area contributed by atoms with Crippen LogP contribution in [0, 0.1) is 0 Å². The molecule has 3 N–H and O–H groups in total. The second-order valence-electron chi connectivity index (χ2n) is 3.99. The van der Waals surface area contributed by atoms with Gasteiger partial charge in [-0.25, -0.2) is 4.79 Å². The van der Waals surface area contributed by atoms with Crippen LogP contribution in [0.5, 0.6) is 0 Å². The van der Waals surface area contributed by atoms with E-state index < -0.39 is 5.97 Å². The summed E-state index contributed by atoms with van der Waals surface area (Å²) < 4.78 is 14.9. The number of rotatable bonds is 7. The fourth-order valence-corrected chi connectivity index (χ4v) is 1.59. The monoisotopic (exact) mass is 268 g/mol. The minimum atomic E-state index is -0.410. The van der Waals surface area contributed by atoms with Crippen LogP contribution in [-0.4, -0.2) is 46.6 Å². The number of carbonyl (C=O) groups excluding carboxylic acids is 1. The van der Waals surface area contributed by atoms with Crippen molar-refractivity contribution in [2.24, 2.45) is 0 Å². The summed E-state index contributed by atoms with van der Waals surface area (Å²) >= 11 is 0. The van der Waals surface area contributed by atoms with E-state index in [0.29, 0.717) is 24.4 Å². The first-order valence-corrected chi connectivity index (χ1v) is 5.85. The number of ether oxygens (including phenoxy) is 3. The molecular formula is C13H20N2O4. The van der Waals surface area contributed by atoms with Gasteiger partial charge in [-0.1, -0.05) is 0 Å². The van der Waals surface area contributed by atoms with Gasteiger partial charge in [0.2, 0.25) is 0 Å². The van der Waals surface area contributed by atoms with E-state index in [1.165, 1.54) is 7.11 Å². The molecule has 19 heavy (non-hydrogen) atoms. The van der Waals surface area contributed by atoms with Crippen LogP contribution < -0.4 is 11.1 Å². The average Bonchev–Trinajstić information content (AvgIpc) is 2.43. The highest BCUT2D eigenvalue weighted by Gasteiger charge is 2.10. The Labute approximate surface area is 112 Å². The lowest BCUT2D eigenvalue weighted by Crippen LogP contribution is -2.26. The Kier molecular flexibility index (Phi) is 6.11. The number of hydrogen-bond acceptors (Lipinski definition) is 6. The van der Waals surface area contributed by atoms with E-state index in [2.05, 4.69) is 10.1 Å². The standard InChI is InChI=1S/C13H20N2O4/c1-17-8-10(18-2)7-15-12-5-4-9(6-11(12)14)13(16)19-3/h4-6,10,15H,7-8,14H2,1-3H3. The lowest BCUT2D eigenvalue weighted by Gasteiger charge is -2.17. The Bertz CT molecular complexity index is 423. The van der Waals surface area contributed by atoms with E-state index >= 15 is 0 Å². The van der Waals surface area contributed by atoms with Gasteiger partial charge in [0.15, 0.2) is 0 Å². The number of hydrogen-bond donors (Lipinski definition) is 2. The van der Waals surface area contributed by atoms with Crippen molar-refractivity contribution in [1.82, 2.24) is 0 Å². The molecule has 0 aliphatic carbocycles. The van der Waals surface area contributed by atoms with Crippen LogP contribution in [0.4, 0.5) is 11.4 Å². The molecular weight excluding hydrogens is 248 g/mol. The van der Waals surface area contributed by atoms with E-state index in [1.54, 1.807) is 32.4 Å². The topological polar surface area (TPSA) is 82.8 Å². The molecule has 0 aliphatic heterocycles. The minimum absolute atomic E-state index is 0.0651. The molecule has 0 fully saturated rings. The number of methoxy groups -OCH3 is 3. The number of benzene rings is 1. The first-order valence-electron chi connectivity index (χ1n) is 5.85. The summed E-state index contributed by atoms with van der Waals surface area (Å²) in [6.07, 6.45) is -0.0651. The molecule has 0 aromatic heterocycles. The van der Waals surface area contributed by atoms with E-state index in [0.717, 1.165) is 5.69 Å². The molecule has 6 nitrogen and oxygen atoms in total. The molecule has 0 radical (unpaired) electrons. The summed E-state index contributed by atoms with van der Waals surface area (Å²) in [5.41, 5.74) is 7.52. The van der Waals surface area contributed by atoms with Crippen molar-refractivity contribution >= 4 is 17.3 Å². The van der Waals surface area contributed by atoms with Gasteiger partial charge in [-0.15, -0.1) is 0 Å². The van der Waals surface area contributed by atoms with Crippen LogP contribution in [0.1, 0.15) is 10.4 Å². The smallest absolute Gasteiger partial charge is 0.337 e. The van der Waals surface area contributed by atoms with Gasteiger partial charge >= 0.3 is 5.97 Å². The number of nitrogens with two attached hydrogens (primary N) is 1. The molecule has 6 heteroatoms. The highest BCUT2D eigenvalue weighted by atomic mass is 16.5. The van der Waals surface area contributed by atoms with Crippen molar-refractivity contribution < 1.29 is 19.0 Å². The SMILES string of the molecule is COCC(CNc1ccc(C(=O)OC)cc1N)OC. The second kappa shape index (κ2) is 7.60. The quantitative estimate of drug-likeness (QED) is 0.570. The predicted molar refractivity (Wildman–Crippen MR) is 73.4 cm³/mol. The lowest BCUT2D eigenvalue weighted by molar-refractivity contribution is 0.0366. The van der Waals surface area contributed by atoms with Crippen molar-refractivity contribution in [3.05, 3.63) is 23.8 Å². The third kappa shape index (κ3) is 4.42. The fraction of sp³-hybridized carbons (Fsp3) is 0.462. The molecule has 0 heterocycles. The van der Waals surface area contributed by atoms with Crippen molar-refractivity contribution in [2.45, 2.75) is 6.10 Å². The van der Waals surface area contributed by atoms with Crippen LogP contribution in [0.2, 0.25) is 0 Å². The Morgan fingerprint density at radius 1 is 1.37 bits per heavy atom. The summed E-state index contributed by atoms with van der Waals surface area (Å²) in [7, 11) is 4.57. The molecule has 0 saturated carbocycles. The first kappa shape index (κ1) is 15.3. The van der Waals surface area contributed by atoms with Crippen LogP contribution in [-0.2, 0) is 14.2 Å². The molecule has 1 atom stereocenters. The van der Waals surface area contributed by atoms with Gasteiger partial charge in [-0.3, -0.25) is 0 Å². The van der Waals surface area contributed by atoms with E-state index in [-0.39, 0.29) is 6.10 Å². The lowest BCUT2D eigenvalue weighted by atomic mass is 10.1. The van der Waals surface area contributed by atoms with E-state index in [9.17, 15) is 4.79 Å². The molecule has 0 aliphatic rings. The van der Waals surface area contributed by atoms with Gasteiger partial charge in [0.1, 0.15) is 0 Å². The van der Waals surface area contributed by atoms with Crippen molar-refractivity contribution in [2.75, 3.05) is 45.5 Å². The maximum atomic E-state index is 11.3. The zero-order chi connectivity index (χ0) is 14.3. The minimum Gasteiger partial charge on any atom is -0.465 e. The summed E-state index contributed by atoms with van der Waals surface area (Å²) in [6, 6.07) is 4.97. The molecule has 0 amide bonds. The first-order chi connectivity index (χ1) is 9.12. The number of esters is 1. The number of carbonyl (C=O) groups is 1. The maximum Gasteiger partial charge on any atom is 0.337 e. The molecule has 1 aromatic carbocycles. The van der Waals surface area contributed by atoms with Crippen LogP contribution in [0.25, 0.3) is 0 Å². The second-order valence-corrected chi connectivity index (χ2v) is 3.99. The molecule has 1 rings (SSSR count). The molecule has 0 bridgehead atoms. The van der Waals surface area contributed by atoms with Gasteiger partial charge in [-0.05, 0) is 18.2 Å². The molecule has 0 saturated heterocycles. The average molecular weight is 268 g/mol. The maximum absolute atomic E-state index is 11.3. The van der Waals surface area contributed by atoms with Crippen LogP contribution >= 0.6 is 0 Å². The van der Waals surface area contributed by atoms with Gasteiger partial charge < -0.3 is 25.3 Å². The summed E-state index contributed by atoms with van der Waals surface area (Å²) in [5, 5.41) is 3.15. The molecule has 1 unspecified atom stereocenters. The van der Waals surface area contributed by atoms with Gasteiger partial charge in [-0.2, -0.15) is 0 Å². The van der Waals surface area contributed by atoms with Crippen molar-refractivity contribution in [1.29, 1.82) is 0 Å². The Balaban J connectivity index is 2.67. The summed E-state index contributed by atoms with van der Waals surface area (Å²) in [5.74, 6) is -0.410. The fourth-order valence-electron chi connectivity index (χ4n) is 1.59. The zero-order valence-corrected chi connectivity index (χ0v) is 11.4. The number of nitrogens with one attached hydrogen (secondary N) is 1. The van der Waals surface area contributed by atoms with Gasteiger partial charge in [0.05, 0.1) is 36.8 Å². The highest BCUT2D eigenvalue weighted by molar-refractivity contribution is 5.91. The van der Waals surface area contributed by atoms with Crippen LogP contribution in [0.3, 0.4) is 0 Å². The molecule has 106 valence electrons. The molecule has 1 aromatic rings. The summed E-state index contributed by atoms with van der Waals surface area (Å²) in [6.45, 7) is 1.05. The Morgan fingerprint density at radius 3 is 2.63 bits per heavy atom. The van der Waals surface area contributed by atoms with Crippen molar-refractivity contribution in [3.63, 3.8) is 0 Å². The van der Waals surface area contributed by atoms with Gasteiger partial charge in [0.25, 0.3) is 0 Å². The van der Waals surface area contributed by atoms with Gasteiger partial charge in [0, 0.05) is 20.8 Å². The highest BCUT2D eigenvalue weighted by Crippen LogP contribution is 2.20. The largest absolute Gasteiger partial charge is 0.465 e. The third-order valence-electron chi connectivity index (χ3n) is 2.68.